The van der Waals surface area contributed by atoms with Crippen molar-refractivity contribution in [1.82, 2.24) is 5.32 Å². The lowest BCUT2D eigenvalue weighted by Gasteiger charge is -2.12. The summed E-state index contributed by atoms with van der Waals surface area (Å²) in [5.41, 5.74) is 1.22. The highest BCUT2D eigenvalue weighted by Gasteiger charge is 2.07. The van der Waals surface area contributed by atoms with Crippen molar-refractivity contribution in [2.24, 2.45) is 0 Å². The van der Waals surface area contributed by atoms with Crippen LogP contribution in [0, 0.1) is 0 Å². The van der Waals surface area contributed by atoms with Gasteiger partial charge in [-0.1, -0.05) is 23.7 Å². The Balaban J connectivity index is 1.93. The van der Waals surface area contributed by atoms with E-state index in [1.807, 2.05) is 25.1 Å². The van der Waals surface area contributed by atoms with Crippen molar-refractivity contribution in [3.8, 4) is 5.75 Å². The van der Waals surface area contributed by atoms with Gasteiger partial charge in [-0.25, -0.2) is 0 Å². The number of benzene rings is 1. The number of hydrogen-bond donors (Lipinski definition) is 1. The van der Waals surface area contributed by atoms with Crippen LogP contribution in [-0.4, -0.2) is 6.61 Å². The second kappa shape index (κ2) is 6.94. The first-order valence-electron chi connectivity index (χ1n) is 6.39. The number of halogens is 1. The van der Waals surface area contributed by atoms with Crippen LogP contribution in [0.4, 0.5) is 0 Å². The van der Waals surface area contributed by atoms with Crippen molar-refractivity contribution >= 4 is 22.9 Å². The summed E-state index contributed by atoms with van der Waals surface area (Å²) in [6, 6.07) is 12.5. The first kappa shape index (κ1) is 14.4. The number of rotatable bonds is 6. The molecule has 0 fully saturated rings. The fourth-order valence-corrected chi connectivity index (χ4v) is 2.93. The van der Waals surface area contributed by atoms with Gasteiger partial charge in [-0.3, -0.25) is 0 Å². The highest BCUT2D eigenvalue weighted by atomic mass is 35.5. The summed E-state index contributed by atoms with van der Waals surface area (Å²) in [5.74, 6) is 0.925. The van der Waals surface area contributed by atoms with Gasteiger partial charge in [-0.05, 0) is 43.7 Å². The van der Waals surface area contributed by atoms with Crippen molar-refractivity contribution in [1.29, 1.82) is 0 Å². The first-order valence-corrected chi connectivity index (χ1v) is 7.59. The molecule has 2 rings (SSSR count). The van der Waals surface area contributed by atoms with Gasteiger partial charge in [-0.15, -0.1) is 11.3 Å². The monoisotopic (exact) mass is 295 g/mol. The molecule has 0 saturated heterocycles. The Morgan fingerprint density at radius 3 is 2.84 bits per heavy atom. The summed E-state index contributed by atoms with van der Waals surface area (Å²) in [4.78, 5) is 1.26. The number of hydrogen-bond acceptors (Lipinski definition) is 3. The minimum atomic E-state index is 0.299. The van der Waals surface area contributed by atoms with Crippen LogP contribution < -0.4 is 10.1 Å². The van der Waals surface area contributed by atoms with Crippen LogP contribution >= 0.6 is 22.9 Å². The molecule has 19 heavy (non-hydrogen) atoms. The minimum absolute atomic E-state index is 0.299. The lowest BCUT2D eigenvalue weighted by Crippen LogP contribution is -2.17. The first-order chi connectivity index (χ1) is 9.19. The second-order valence-electron chi connectivity index (χ2n) is 4.32. The van der Waals surface area contributed by atoms with E-state index in [9.17, 15) is 0 Å². The summed E-state index contributed by atoms with van der Waals surface area (Å²) in [5, 5.41) is 3.49. The highest BCUT2D eigenvalue weighted by Crippen LogP contribution is 2.26. The predicted octanol–water partition coefficient (Wildman–Crippen LogP) is 4.65. The predicted molar refractivity (Wildman–Crippen MR) is 82.2 cm³/mol. The molecule has 1 N–H and O–H groups in total. The van der Waals surface area contributed by atoms with Gasteiger partial charge in [-0.2, -0.15) is 0 Å². The molecule has 2 aromatic rings. The quantitative estimate of drug-likeness (QED) is 0.837. The normalized spacial score (nSPS) is 12.4. The Morgan fingerprint density at radius 2 is 2.16 bits per heavy atom. The van der Waals surface area contributed by atoms with Crippen LogP contribution in [0.5, 0.6) is 5.75 Å². The van der Waals surface area contributed by atoms with Crippen molar-refractivity contribution in [3.05, 3.63) is 51.2 Å². The Morgan fingerprint density at radius 1 is 1.32 bits per heavy atom. The summed E-state index contributed by atoms with van der Waals surface area (Å²) >= 11 is 7.57. The Hall–Kier alpha value is -1.03. The molecule has 1 unspecified atom stereocenters. The van der Waals surface area contributed by atoms with E-state index in [0.717, 1.165) is 16.6 Å². The third-order valence-corrected chi connectivity index (χ3v) is 4.26. The third-order valence-electron chi connectivity index (χ3n) is 2.84. The van der Waals surface area contributed by atoms with Gasteiger partial charge in [0.2, 0.25) is 0 Å². The van der Waals surface area contributed by atoms with Gasteiger partial charge < -0.3 is 10.1 Å². The van der Waals surface area contributed by atoms with E-state index in [-0.39, 0.29) is 0 Å². The highest BCUT2D eigenvalue weighted by molar-refractivity contribution is 7.16. The molecular weight excluding hydrogens is 278 g/mol. The van der Waals surface area contributed by atoms with E-state index in [1.165, 1.54) is 10.4 Å². The van der Waals surface area contributed by atoms with Gasteiger partial charge in [0.15, 0.2) is 0 Å². The molecule has 0 aliphatic heterocycles. The van der Waals surface area contributed by atoms with Gasteiger partial charge in [0.25, 0.3) is 0 Å². The molecule has 0 saturated carbocycles. The number of ether oxygens (including phenoxy) is 1. The number of nitrogens with one attached hydrogen (secondary N) is 1. The van der Waals surface area contributed by atoms with Crippen LogP contribution in [0.25, 0.3) is 0 Å². The number of thiophene rings is 1. The Labute approximate surface area is 123 Å². The minimum Gasteiger partial charge on any atom is -0.494 e. The SMILES string of the molecule is CCOc1cccc(CNC(C)c2ccc(Cl)s2)c1. The summed E-state index contributed by atoms with van der Waals surface area (Å²) < 4.78 is 6.33. The second-order valence-corrected chi connectivity index (χ2v) is 6.07. The zero-order chi connectivity index (χ0) is 13.7. The molecule has 0 bridgehead atoms. The molecule has 0 radical (unpaired) electrons. The van der Waals surface area contributed by atoms with Gasteiger partial charge in [0.05, 0.1) is 10.9 Å². The lowest BCUT2D eigenvalue weighted by atomic mass is 10.2. The Bertz CT molecular complexity index is 526. The van der Waals surface area contributed by atoms with Crippen molar-refractivity contribution in [2.45, 2.75) is 26.4 Å². The van der Waals surface area contributed by atoms with Gasteiger partial charge in [0.1, 0.15) is 5.75 Å². The molecule has 102 valence electrons. The largest absolute Gasteiger partial charge is 0.494 e. The lowest BCUT2D eigenvalue weighted by molar-refractivity contribution is 0.339. The average Bonchev–Trinajstić information content (AvgIpc) is 2.84. The zero-order valence-corrected chi connectivity index (χ0v) is 12.7. The average molecular weight is 296 g/mol. The molecular formula is C15H18ClNOS. The molecule has 0 amide bonds. The van der Waals surface area contributed by atoms with E-state index >= 15 is 0 Å². The molecule has 0 aliphatic rings. The maximum Gasteiger partial charge on any atom is 0.119 e. The van der Waals surface area contributed by atoms with Crippen LogP contribution in [-0.2, 0) is 6.54 Å². The molecule has 0 aliphatic carbocycles. The standard InChI is InChI=1S/C15H18ClNOS/c1-3-18-13-6-4-5-12(9-13)10-17-11(2)14-7-8-15(16)19-14/h4-9,11,17H,3,10H2,1-2H3. The van der Waals surface area contributed by atoms with Crippen molar-refractivity contribution in [3.63, 3.8) is 0 Å². The van der Waals surface area contributed by atoms with E-state index in [1.54, 1.807) is 11.3 Å². The maximum atomic E-state index is 5.95. The third kappa shape index (κ3) is 4.23. The smallest absolute Gasteiger partial charge is 0.119 e. The molecule has 0 spiro atoms. The Kier molecular flexibility index (Phi) is 5.25. The van der Waals surface area contributed by atoms with E-state index in [4.69, 9.17) is 16.3 Å². The van der Waals surface area contributed by atoms with Crippen LogP contribution in [0.3, 0.4) is 0 Å². The van der Waals surface area contributed by atoms with Crippen molar-refractivity contribution in [2.75, 3.05) is 6.61 Å². The van der Waals surface area contributed by atoms with E-state index < -0.39 is 0 Å². The van der Waals surface area contributed by atoms with Gasteiger partial charge in [0, 0.05) is 17.5 Å². The summed E-state index contributed by atoms with van der Waals surface area (Å²) in [6.07, 6.45) is 0. The summed E-state index contributed by atoms with van der Waals surface area (Å²) in [7, 11) is 0. The molecule has 1 heterocycles. The topological polar surface area (TPSA) is 21.3 Å². The fourth-order valence-electron chi connectivity index (χ4n) is 1.84. The van der Waals surface area contributed by atoms with Crippen LogP contribution in [0.2, 0.25) is 4.34 Å². The molecule has 1 aromatic carbocycles. The summed E-state index contributed by atoms with van der Waals surface area (Å²) in [6.45, 7) is 5.65. The van der Waals surface area contributed by atoms with E-state index in [2.05, 4.69) is 30.4 Å². The zero-order valence-electron chi connectivity index (χ0n) is 11.2. The van der Waals surface area contributed by atoms with Crippen molar-refractivity contribution < 1.29 is 4.74 Å². The molecule has 4 heteroatoms. The maximum absolute atomic E-state index is 5.95. The van der Waals surface area contributed by atoms with Crippen LogP contribution in [0.15, 0.2) is 36.4 Å². The fraction of sp³-hybridized carbons (Fsp3) is 0.333. The molecule has 1 atom stereocenters. The van der Waals surface area contributed by atoms with Crippen LogP contribution in [0.1, 0.15) is 30.3 Å². The molecule has 2 nitrogen and oxygen atoms in total. The van der Waals surface area contributed by atoms with Gasteiger partial charge >= 0.3 is 0 Å². The van der Waals surface area contributed by atoms with E-state index in [0.29, 0.717) is 12.6 Å². The molecule has 1 aromatic heterocycles.